The molecular weight excluding hydrogens is 553 g/mol. The van der Waals surface area contributed by atoms with E-state index in [1.54, 1.807) is 6.07 Å². The highest BCUT2D eigenvalue weighted by atomic mass is 19.4. The molecule has 41 heavy (non-hydrogen) atoms. The Labute approximate surface area is 231 Å². The van der Waals surface area contributed by atoms with Crippen molar-refractivity contribution < 1.29 is 41.0 Å². The molecule has 2 aromatic heterocycles. The zero-order chi connectivity index (χ0) is 29.2. The summed E-state index contributed by atoms with van der Waals surface area (Å²) in [6.07, 6.45) is -3.67. The second-order valence-electron chi connectivity index (χ2n) is 11.3. The van der Waals surface area contributed by atoms with Crippen LogP contribution in [0.15, 0.2) is 36.8 Å². The van der Waals surface area contributed by atoms with Gasteiger partial charge in [-0.25, -0.2) is 4.39 Å². The van der Waals surface area contributed by atoms with Gasteiger partial charge >= 0.3 is 6.18 Å². The number of fused-ring (bicyclic) bond motifs is 1. The fraction of sp³-hybridized carbons (Fsp3) is 0.519. The number of hydrogen-bond donors (Lipinski definition) is 1. The highest BCUT2D eigenvalue weighted by Crippen LogP contribution is 2.55. The molecular formula is C27H28F5N5O4. The quantitative estimate of drug-likeness (QED) is 0.425. The van der Waals surface area contributed by atoms with Crippen molar-refractivity contribution in [3.8, 4) is 5.75 Å². The van der Waals surface area contributed by atoms with Gasteiger partial charge in [-0.15, -0.1) is 10.2 Å². The Balaban J connectivity index is 1.28. The number of ether oxygens (including phenoxy) is 3. The second-order valence-corrected chi connectivity index (χ2v) is 11.3. The van der Waals surface area contributed by atoms with Crippen LogP contribution in [0.3, 0.4) is 0 Å². The largest absolute Gasteiger partial charge is 0.489 e. The van der Waals surface area contributed by atoms with Crippen molar-refractivity contribution in [2.45, 2.75) is 37.6 Å². The van der Waals surface area contributed by atoms with Gasteiger partial charge in [-0.2, -0.15) is 17.6 Å². The lowest BCUT2D eigenvalue weighted by Crippen LogP contribution is -2.66. The molecule has 5 heterocycles. The lowest BCUT2D eigenvalue weighted by molar-refractivity contribution is -0.272. The number of nitrogens with zero attached hydrogens (tertiary/aromatic N) is 4. The summed E-state index contributed by atoms with van der Waals surface area (Å²) < 4.78 is 90.4. The molecule has 0 aliphatic carbocycles. The first-order valence-corrected chi connectivity index (χ1v) is 13.2. The van der Waals surface area contributed by atoms with E-state index in [-0.39, 0.29) is 23.3 Å². The molecule has 220 valence electrons. The molecule has 4 atom stereocenters. The van der Waals surface area contributed by atoms with Crippen molar-refractivity contribution >= 4 is 17.2 Å². The van der Waals surface area contributed by atoms with Crippen molar-refractivity contribution in [2.75, 3.05) is 44.8 Å². The Morgan fingerprint density at radius 2 is 1.95 bits per heavy atom. The third-order valence-corrected chi connectivity index (χ3v) is 8.51. The SMILES string of the molecule is C[C@H]1[C@@H](c2ccc(F)c(F)c2OCCN2CC3(COC3)C2)[C@H](C(=O)Nc2ccc3nncn3c2)O[C@@]1(C)C(F)(F)F. The summed E-state index contributed by atoms with van der Waals surface area (Å²) in [5, 5.41) is 10.2. The molecule has 3 fully saturated rings. The highest BCUT2D eigenvalue weighted by molar-refractivity contribution is 5.95. The van der Waals surface area contributed by atoms with Crippen LogP contribution >= 0.6 is 0 Å². The van der Waals surface area contributed by atoms with Gasteiger partial charge in [0.05, 0.1) is 18.9 Å². The molecule has 0 radical (unpaired) electrons. The number of amides is 1. The molecule has 3 aromatic rings. The average molecular weight is 582 g/mol. The van der Waals surface area contributed by atoms with Crippen LogP contribution in [-0.4, -0.2) is 82.7 Å². The fourth-order valence-electron chi connectivity index (χ4n) is 6.00. The minimum Gasteiger partial charge on any atom is -0.489 e. The summed E-state index contributed by atoms with van der Waals surface area (Å²) in [5.74, 6) is -6.63. The minimum absolute atomic E-state index is 0.0291. The number of likely N-dealkylation sites (tertiary alicyclic amines) is 1. The highest BCUT2D eigenvalue weighted by Gasteiger charge is 2.66. The Hall–Kier alpha value is -3.36. The minimum atomic E-state index is -4.86. The average Bonchev–Trinajstić information content (AvgIpc) is 3.44. The van der Waals surface area contributed by atoms with Crippen LogP contribution in [0.2, 0.25) is 0 Å². The molecule has 0 bridgehead atoms. The Kier molecular flexibility index (Phi) is 6.70. The standard InChI is InChI=1S/C27H28F5N5O4/c1-15-20(17-4-5-18(28)21(29)22(17)40-8-7-36-10-26(11-36)12-39-13-26)23(41-25(15,2)27(30,31)32)24(38)34-16-3-6-19-35-33-14-37(19)9-16/h3-6,9,14-15,20,23H,7-8,10-13H2,1-2H3,(H,34,38)/t15-,20-,23+,25+/m0/s1. The van der Waals surface area contributed by atoms with E-state index in [0.717, 1.165) is 32.1 Å². The number of hydrogen-bond acceptors (Lipinski definition) is 7. The molecule has 1 spiro atoms. The Morgan fingerprint density at radius 3 is 2.63 bits per heavy atom. The maximum absolute atomic E-state index is 15.2. The van der Waals surface area contributed by atoms with E-state index in [0.29, 0.717) is 25.4 Å². The zero-order valence-electron chi connectivity index (χ0n) is 22.3. The molecule has 1 N–H and O–H groups in total. The first kappa shape index (κ1) is 27.8. The van der Waals surface area contributed by atoms with Crippen molar-refractivity contribution in [2.24, 2.45) is 11.3 Å². The molecule has 9 nitrogen and oxygen atoms in total. The lowest BCUT2D eigenvalue weighted by Gasteiger charge is -2.55. The van der Waals surface area contributed by atoms with E-state index >= 15 is 4.39 Å². The summed E-state index contributed by atoms with van der Waals surface area (Å²) in [7, 11) is 0. The van der Waals surface area contributed by atoms with Crippen molar-refractivity contribution in [3.63, 3.8) is 0 Å². The van der Waals surface area contributed by atoms with Gasteiger partial charge in [0, 0.05) is 48.6 Å². The summed E-state index contributed by atoms with van der Waals surface area (Å²) >= 11 is 0. The molecule has 1 amide bonds. The third-order valence-electron chi connectivity index (χ3n) is 8.51. The number of carbonyl (C=O) groups excluding carboxylic acids is 1. The number of benzene rings is 1. The summed E-state index contributed by atoms with van der Waals surface area (Å²) in [4.78, 5) is 15.5. The normalized spacial score (nSPS) is 27.5. The van der Waals surface area contributed by atoms with E-state index in [9.17, 15) is 22.4 Å². The number of aromatic nitrogens is 3. The fourth-order valence-corrected chi connectivity index (χ4v) is 6.00. The van der Waals surface area contributed by atoms with Crippen LogP contribution in [0.1, 0.15) is 25.3 Å². The van der Waals surface area contributed by atoms with E-state index in [4.69, 9.17) is 14.2 Å². The number of carbonyl (C=O) groups is 1. The lowest BCUT2D eigenvalue weighted by atomic mass is 9.77. The van der Waals surface area contributed by atoms with Crippen LogP contribution in [0, 0.1) is 23.0 Å². The van der Waals surface area contributed by atoms with Gasteiger partial charge in [0.1, 0.15) is 19.0 Å². The predicted octanol–water partition coefficient (Wildman–Crippen LogP) is 3.80. The molecule has 0 saturated carbocycles. The van der Waals surface area contributed by atoms with Crippen LogP contribution in [-0.2, 0) is 14.3 Å². The molecule has 1 aromatic carbocycles. The maximum Gasteiger partial charge on any atom is 0.417 e. The van der Waals surface area contributed by atoms with Gasteiger partial charge in [0.25, 0.3) is 5.91 Å². The van der Waals surface area contributed by atoms with Crippen LogP contribution in [0.5, 0.6) is 5.75 Å². The molecule has 0 unspecified atom stereocenters. The Bertz CT molecular complexity index is 1470. The number of pyridine rings is 1. The third kappa shape index (κ3) is 4.71. The van der Waals surface area contributed by atoms with Crippen molar-refractivity contribution in [3.05, 3.63) is 54.0 Å². The van der Waals surface area contributed by atoms with Gasteiger partial charge in [-0.3, -0.25) is 14.1 Å². The summed E-state index contributed by atoms with van der Waals surface area (Å²) in [5.41, 5.74) is -1.94. The van der Waals surface area contributed by atoms with E-state index in [2.05, 4.69) is 20.4 Å². The van der Waals surface area contributed by atoms with Crippen molar-refractivity contribution in [1.82, 2.24) is 19.5 Å². The molecule has 14 heteroatoms. The van der Waals surface area contributed by atoms with Crippen LogP contribution in [0.25, 0.3) is 5.65 Å². The number of anilines is 1. The molecule has 6 rings (SSSR count). The summed E-state index contributed by atoms with van der Waals surface area (Å²) in [6.45, 7) is 5.45. The number of halogens is 5. The number of rotatable bonds is 7. The summed E-state index contributed by atoms with van der Waals surface area (Å²) in [6, 6.07) is 5.06. The first-order valence-electron chi connectivity index (χ1n) is 13.2. The topological polar surface area (TPSA) is 90.2 Å². The maximum atomic E-state index is 15.2. The van der Waals surface area contributed by atoms with Gasteiger partial charge < -0.3 is 19.5 Å². The Morgan fingerprint density at radius 1 is 1.20 bits per heavy atom. The number of nitrogens with one attached hydrogen (secondary N) is 1. The van der Waals surface area contributed by atoms with Gasteiger partial charge in [-0.1, -0.05) is 13.0 Å². The van der Waals surface area contributed by atoms with E-state index in [1.807, 2.05) is 0 Å². The monoisotopic (exact) mass is 581 g/mol. The van der Waals surface area contributed by atoms with E-state index in [1.165, 1.54) is 29.9 Å². The van der Waals surface area contributed by atoms with Crippen molar-refractivity contribution in [1.29, 1.82) is 0 Å². The zero-order valence-corrected chi connectivity index (χ0v) is 22.3. The van der Waals surface area contributed by atoms with E-state index < -0.39 is 53.0 Å². The first-order chi connectivity index (χ1) is 19.4. The molecule has 3 aliphatic rings. The van der Waals surface area contributed by atoms with Crippen LogP contribution in [0.4, 0.5) is 27.6 Å². The van der Waals surface area contributed by atoms with Gasteiger partial charge in [0.15, 0.2) is 22.8 Å². The second kappa shape index (κ2) is 9.88. The van der Waals surface area contributed by atoms with Crippen LogP contribution < -0.4 is 10.1 Å². The van der Waals surface area contributed by atoms with Gasteiger partial charge in [0.2, 0.25) is 5.82 Å². The predicted molar refractivity (Wildman–Crippen MR) is 134 cm³/mol. The smallest absolute Gasteiger partial charge is 0.417 e. The molecule has 3 aliphatic heterocycles. The molecule has 3 saturated heterocycles. The van der Waals surface area contributed by atoms with Gasteiger partial charge in [-0.05, 0) is 25.1 Å². The number of alkyl halides is 3.